The van der Waals surface area contributed by atoms with Gasteiger partial charge in [-0.05, 0) is 63.2 Å². The van der Waals surface area contributed by atoms with Crippen LogP contribution in [0.4, 0.5) is 11.8 Å². The van der Waals surface area contributed by atoms with Crippen LogP contribution in [-0.2, 0) is 17.6 Å². The molecule has 0 radical (unpaired) electrons. The summed E-state index contributed by atoms with van der Waals surface area (Å²) in [7, 11) is 0. The Morgan fingerprint density at radius 1 is 1.19 bits per heavy atom. The second-order valence-corrected chi connectivity index (χ2v) is 8.73. The van der Waals surface area contributed by atoms with E-state index >= 15 is 0 Å². The molecule has 4 heterocycles. The fourth-order valence-electron chi connectivity index (χ4n) is 5.46. The average Bonchev–Trinajstić information content (AvgIpc) is 2.64. The van der Waals surface area contributed by atoms with Gasteiger partial charge in [-0.25, -0.2) is 4.98 Å². The molecule has 5 aliphatic rings. The molecule has 0 spiro atoms. The number of aliphatic carboxylic acids is 1. The van der Waals surface area contributed by atoms with Gasteiger partial charge in [0.2, 0.25) is 5.95 Å². The fourth-order valence-corrected chi connectivity index (χ4v) is 5.46. The van der Waals surface area contributed by atoms with Gasteiger partial charge in [0.15, 0.2) is 0 Å². The Bertz CT molecular complexity index is 725. The zero-order valence-corrected chi connectivity index (χ0v) is 15.5. The van der Waals surface area contributed by atoms with Crippen molar-refractivity contribution in [2.75, 3.05) is 29.4 Å². The minimum absolute atomic E-state index is 0.335. The Kier molecular flexibility index (Phi) is 3.83. The lowest BCUT2D eigenvalue weighted by molar-refractivity contribution is -0.141. The molecular formula is C20H28N4O2. The zero-order chi connectivity index (χ0) is 17.8. The summed E-state index contributed by atoms with van der Waals surface area (Å²) in [5, 5.41) is 9.16. The highest BCUT2D eigenvalue weighted by Gasteiger charge is 2.48. The topological polar surface area (TPSA) is 69.6 Å². The molecule has 3 saturated heterocycles. The maximum Gasteiger partial charge on any atom is 0.303 e. The molecule has 1 N–H and O–H groups in total. The maximum atomic E-state index is 11.1. The third kappa shape index (κ3) is 2.57. The molecule has 1 saturated carbocycles. The molecule has 1 aromatic heterocycles. The van der Waals surface area contributed by atoms with Gasteiger partial charge in [0, 0.05) is 37.7 Å². The van der Waals surface area contributed by atoms with E-state index in [1.807, 2.05) is 0 Å². The van der Waals surface area contributed by atoms with Gasteiger partial charge >= 0.3 is 5.97 Å². The van der Waals surface area contributed by atoms with Crippen LogP contribution < -0.4 is 9.80 Å². The summed E-state index contributed by atoms with van der Waals surface area (Å²) >= 11 is 0. The predicted molar refractivity (Wildman–Crippen MR) is 99.7 cm³/mol. The van der Waals surface area contributed by atoms with Crippen LogP contribution in [0.5, 0.6) is 0 Å². The molecule has 26 heavy (non-hydrogen) atoms. The van der Waals surface area contributed by atoms with E-state index in [-0.39, 0.29) is 0 Å². The first-order valence-corrected chi connectivity index (χ1v) is 10.2. The highest BCUT2D eigenvalue weighted by molar-refractivity contribution is 5.67. The van der Waals surface area contributed by atoms with Crippen molar-refractivity contribution in [2.45, 2.75) is 57.9 Å². The minimum atomic E-state index is -0.647. The number of nitrogens with zero attached hydrogens (tertiary/aromatic N) is 4. The lowest BCUT2D eigenvalue weighted by atomic mass is 9.60. The van der Waals surface area contributed by atoms with Gasteiger partial charge in [-0.3, -0.25) is 4.79 Å². The monoisotopic (exact) mass is 356 g/mol. The van der Waals surface area contributed by atoms with Gasteiger partial charge in [0.25, 0.3) is 0 Å². The van der Waals surface area contributed by atoms with Gasteiger partial charge < -0.3 is 14.9 Å². The van der Waals surface area contributed by atoms with Crippen molar-refractivity contribution >= 4 is 17.7 Å². The summed E-state index contributed by atoms with van der Waals surface area (Å²) < 4.78 is 0. The second kappa shape index (κ2) is 6.10. The lowest BCUT2D eigenvalue weighted by Gasteiger charge is -2.54. The van der Waals surface area contributed by atoms with Crippen LogP contribution in [-0.4, -0.2) is 46.7 Å². The van der Waals surface area contributed by atoms with Crippen LogP contribution in [0.2, 0.25) is 0 Å². The number of carboxylic acid groups (broad SMARTS) is 1. The molecule has 0 aromatic carbocycles. The molecule has 3 aliphatic heterocycles. The van der Waals surface area contributed by atoms with Gasteiger partial charge in [-0.15, -0.1) is 0 Å². The molecule has 140 valence electrons. The Morgan fingerprint density at radius 2 is 1.96 bits per heavy atom. The quantitative estimate of drug-likeness (QED) is 0.894. The standard InChI is InChI=1S/C20H28N4O2/c1-12-6-7-24(12)20-21-17-5-3-2-4-15(17)19(22-20)23-10-13-8-14(11-23)16(13)9-18(25)26/h12-14,16H,2-11H2,1H3,(H,25,26)/t12-,13-,14+,16+/m0/s1. The summed E-state index contributed by atoms with van der Waals surface area (Å²) in [5.74, 6) is 2.84. The number of anilines is 2. The van der Waals surface area contributed by atoms with Crippen LogP contribution in [0.1, 0.15) is 50.3 Å². The van der Waals surface area contributed by atoms with Crippen LogP contribution in [0.25, 0.3) is 0 Å². The molecule has 6 nitrogen and oxygen atoms in total. The Morgan fingerprint density at radius 3 is 2.62 bits per heavy atom. The first kappa shape index (κ1) is 16.3. The summed E-state index contributed by atoms with van der Waals surface area (Å²) in [6, 6.07) is 0.541. The lowest BCUT2D eigenvalue weighted by Crippen LogP contribution is -2.56. The van der Waals surface area contributed by atoms with E-state index in [1.54, 1.807) is 0 Å². The molecule has 6 heteroatoms. The van der Waals surface area contributed by atoms with Crippen molar-refractivity contribution in [3.63, 3.8) is 0 Å². The van der Waals surface area contributed by atoms with E-state index in [4.69, 9.17) is 15.1 Å². The molecule has 4 fully saturated rings. The van der Waals surface area contributed by atoms with Crippen LogP contribution in [0.3, 0.4) is 0 Å². The zero-order valence-electron chi connectivity index (χ0n) is 15.5. The Balaban J connectivity index is 1.43. The number of carbonyl (C=O) groups is 1. The van der Waals surface area contributed by atoms with Crippen molar-refractivity contribution in [1.82, 2.24) is 9.97 Å². The molecular weight excluding hydrogens is 328 g/mol. The van der Waals surface area contributed by atoms with Gasteiger partial charge in [0.05, 0.1) is 5.69 Å². The number of piperidine rings is 2. The van der Waals surface area contributed by atoms with Crippen molar-refractivity contribution in [3.8, 4) is 0 Å². The van der Waals surface area contributed by atoms with Crippen molar-refractivity contribution in [3.05, 3.63) is 11.3 Å². The molecule has 1 aromatic rings. The van der Waals surface area contributed by atoms with Crippen molar-refractivity contribution in [1.29, 1.82) is 0 Å². The maximum absolute atomic E-state index is 11.1. The van der Waals surface area contributed by atoms with E-state index in [0.717, 1.165) is 44.2 Å². The minimum Gasteiger partial charge on any atom is -0.481 e. The van der Waals surface area contributed by atoms with Crippen LogP contribution >= 0.6 is 0 Å². The highest BCUT2D eigenvalue weighted by Crippen LogP contribution is 2.48. The summed E-state index contributed by atoms with van der Waals surface area (Å²) in [6.07, 6.45) is 7.36. The number of hydrogen-bond donors (Lipinski definition) is 1. The Hall–Kier alpha value is -1.85. The van der Waals surface area contributed by atoms with E-state index in [2.05, 4.69) is 16.7 Å². The molecule has 0 unspecified atom stereocenters. The normalized spacial score (nSPS) is 32.5. The van der Waals surface area contributed by atoms with Gasteiger partial charge in [-0.2, -0.15) is 4.98 Å². The molecule has 4 atom stereocenters. The Labute approximate surface area is 154 Å². The van der Waals surface area contributed by atoms with E-state index < -0.39 is 5.97 Å². The summed E-state index contributed by atoms with van der Waals surface area (Å²) in [6.45, 7) is 5.24. The first-order chi connectivity index (χ1) is 12.6. The van der Waals surface area contributed by atoms with E-state index in [0.29, 0.717) is 30.2 Å². The molecule has 2 bridgehead atoms. The number of carboxylic acids is 1. The van der Waals surface area contributed by atoms with E-state index in [1.165, 1.54) is 36.9 Å². The number of rotatable bonds is 4. The molecule has 6 rings (SSSR count). The largest absolute Gasteiger partial charge is 0.481 e. The third-order valence-corrected chi connectivity index (χ3v) is 7.16. The van der Waals surface area contributed by atoms with Gasteiger partial charge in [0.1, 0.15) is 5.82 Å². The van der Waals surface area contributed by atoms with Crippen molar-refractivity contribution in [2.24, 2.45) is 17.8 Å². The molecule has 2 aliphatic carbocycles. The van der Waals surface area contributed by atoms with Gasteiger partial charge in [-0.1, -0.05) is 0 Å². The fraction of sp³-hybridized carbons (Fsp3) is 0.750. The number of fused-ring (bicyclic) bond motifs is 3. The molecule has 0 amide bonds. The summed E-state index contributed by atoms with van der Waals surface area (Å²) in [4.78, 5) is 25.9. The van der Waals surface area contributed by atoms with Crippen molar-refractivity contribution < 1.29 is 9.90 Å². The number of hydrogen-bond acceptors (Lipinski definition) is 5. The second-order valence-electron chi connectivity index (χ2n) is 8.73. The van der Waals surface area contributed by atoms with E-state index in [9.17, 15) is 4.79 Å². The average molecular weight is 356 g/mol. The number of aromatic nitrogens is 2. The smallest absolute Gasteiger partial charge is 0.303 e. The SMILES string of the molecule is C[C@H]1CCN1c1nc2c(c(N3C[C@H]4C[C@@H](C3)[C@H]4CC(=O)O)n1)CCCC2. The predicted octanol–water partition coefficient (Wildman–Crippen LogP) is 2.50. The summed E-state index contributed by atoms with van der Waals surface area (Å²) in [5.41, 5.74) is 2.63. The number of aryl methyl sites for hydroxylation is 1. The van der Waals surface area contributed by atoms with Crippen LogP contribution in [0, 0.1) is 17.8 Å². The highest BCUT2D eigenvalue weighted by atomic mass is 16.4. The first-order valence-electron chi connectivity index (χ1n) is 10.2. The van der Waals surface area contributed by atoms with Crippen LogP contribution in [0.15, 0.2) is 0 Å². The third-order valence-electron chi connectivity index (χ3n) is 7.16.